The lowest BCUT2D eigenvalue weighted by atomic mass is 10.0. The molecule has 2 saturated heterocycles. The minimum absolute atomic E-state index is 0.147. The SMILES string of the molecule is CC1CC(C)N(C[C@@H](N)c2ccccc2)C1.CC1CC(C)N(C[C@@H](NC(=O)c2cccc(C(F)(F)F)c2Cl)c2ccccc2)C1. The van der Waals surface area contributed by atoms with Crippen LogP contribution >= 0.6 is 11.6 Å². The highest BCUT2D eigenvalue weighted by Gasteiger charge is 2.35. The molecule has 45 heavy (non-hydrogen) atoms. The zero-order valence-corrected chi connectivity index (χ0v) is 27.4. The van der Waals surface area contributed by atoms with Crippen molar-refractivity contribution >= 4 is 17.5 Å². The predicted octanol–water partition coefficient (Wildman–Crippen LogP) is 7.98. The Morgan fingerprint density at radius 3 is 1.82 bits per heavy atom. The lowest BCUT2D eigenvalue weighted by Crippen LogP contribution is -2.39. The number of carbonyl (C=O) groups is 1. The van der Waals surface area contributed by atoms with Gasteiger partial charge in [-0.2, -0.15) is 13.2 Å². The first-order chi connectivity index (χ1) is 21.3. The number of benzene rings is 3. The van der Waals surface area contributed by atoms with Crippen molar-refractivity contribution in [1.82, 2.24) is 15.1 Å². The number of hydrogen-bond donors (Lipinski definition) is 2. The summed E-state index contributed by atoms with van der Waals surface area (Å²) in [6.45, 7) is 12.7. The first-order valence-corrected chi connectivity index (χ1v) is 16.2. The molecular weight excluding hydrogens is 597 g/mol. The Labute approximate surface area is 270 Å². The monoisotopic (exact) mass is 642 g/mol. The van der Waals surface area contributed by atoms with Gasteiger partial charge in [-0.15, -0.1) is 0 Å². The quantitative estimate of drug-likeness (QED) is 0.262. The number of nitrogens with one attached hydrogen (secondary N) is 1. The van der Waals surface area contributed by atoms with Crippen LogP contribution in [0.1, 0.15) is 79.7 Å². The molecular formula is C36H46ClF3N4O. The number of amides is 1. The van der Waals surface area contributed by atoms with E-state index in [-0.39, 0.29) is 17.6 Å². The second-order valence-electron chi connectivity index (χ2n) is 12.9. The van der Waals surface area contributed by atoms with E-state index in [0.717, 1.165) is 37.1 Å². The number of halogens is 4. The first-order valence-electron chi connectivity index (χ1n) is 15.8. The Bertz CT molecular complexity index is 1370. The zero-order valence-electron chi connectivity index (χ0n) is 26.6. The van der Waals surface area contributed by atoms with Crippen LogP contribution in [0.4, 0.5) is 13.2 Å². The van der Waals surface area contributed by atoms with E-state index in [4.69, 9.17) is 17.3 Å². The minimum Gasteiger partial charge on any atom is -0.344 e. The number of carbonyl (C=O) groups excluding carboxylic acids is 1. The fraction of sp³-hybridized carbons (Fsp3) is 0.472. The molecule has 244 valence electrons. The Hall–Kier alpha value is -2.91. The van der Waals surface area contributed by atoms with Gasteiger partial charge in [-0.05, 0) is 61.8 Å². The van der Waals surface area contributed by atoms with Gasteiger partial charge in [0.25, 0.3) is 5.91 Å². The smallest absolute Gasteiger partial charge is 0.344 e. The zero-order chi connectivity index (χ0) is 32.7. The van der Waals surface area contributed by atoms with Gasteiger partial charge < -0.3 is 11.1 Å². The summed E-state index contributed by atoms with van der Waals surface area (Å²) in [7, 11) is 0. The molecule has 6 atom stereocenters. The summed E-state index contributed by atoms with van der Waals surface area (Å²) in [5.74, 6) is 0.767. The number of nitrogens with two attached hydrogens (primary N) is 1. The van der Waals surface area contributed by atoms with Crippen molar-refractivity contribution in [3.8, 4) is 0 Å². The lowest BCUT2D eigenvalue weighted by molar-refractivity contribution is -0.137. The molecule has 3 aromatic carbocycles. The molecule has 5 nitrogen and oxygen atoms in total. The summed E-state index contributed by atoms with van der Waals surface area (Å²) in [6.07, 6.45) is -2.23. The van der Waals surface area contributed by atoms with Gasteiger partial charge >= 0.3 is 6.18 Å². The Balaban J connectivity index is 0.000000242. The van der Waals surface area contributed by atoms with Gasteiger partial charge in [0.2, 0.25) is 0 Å². The standard InChI is InChI=1S/C22H24ClF3N2O.C14H22N2/c1-14-11-15(2)28(12-14)13-19(16-7-4-3-5-8-16)27-21(29)17-9-6-10-18(20(17)23)22(24,25)26;1-11-8-12(2)16(9-11)10-14(15)13-6-4-3-5-7-13/h3-10,14-15,19H,11-13H2,1-2H3,(H,27,29);3-7,11-12,14H,8-10,15H2,1-2H3/t14?,15?,19-;11?,12?,14-/m11/s1. The number of rotatable bonds is 8. The summed E-state index contributed by atoms with van der Waals surface area (Å²) < 4.78 is 39.4. The molecule has 3 aromatic rings. The van der Waals surface area contributed by atoms with Crippen molar-refractivity contribution in [2.45, 2.75) is 70.9 Å². The van der Waals surface area contributed by atoms with E-state index in [1.54, 1.807) is 0 Å². The van der Waals surface area contributed by atoms with Crippen LogP contribution < -0.4 is 11.1 Å². The molecule has 0 aromatic heterocycles. The van der Waals surface area contributed by atoms with E-state index in [2.05, 4.69) is 67.1 Å². The molecule has 0 radical (unpaired) electrons. The molecule has 1 amide bonds. The van der Waals surface area contributed by atoms with Crippen molar-refractivity contribution in [1.29, 1.82) is 0 Å². The average Bonchev–Trinajstić information content (AvgIpc) is 3.50. The van der Waals surface area contributed by atoms with Crippen LogP contribution in [-0.4, -0.2) is 54.0 Å². The Kier molecular flexibility index (Phi) is 12.1. The van der Waals surface area contributed by atoms with Gasteiger partial charge in [0.1, 0.15) is 0 Å². The van der Waals surface area contributed by atoms with E-state index in [1.807, 2.05) is 36.4 Å². The van der Waals surface area contributed by atoms with Crippen LogP contribution in [0.25, 0.3) is 0 Å². The maximum atomic E-state index is 13.1. The van der Waals surface area contributed by atoms with E-state index < -0.39 is 22.7 Å². The number of likely N-dealkylation sites (tertiary alicyclic amines) is 2. The molecule has 0 spiro atoms. The van der Waals surface area contributed by atoms with Crippen LogP contribution in [0.5, 0.6) is 0 Å². The summed E-state index contributed by atoms with van der Waals surface area (Å²) in [5.41, 5.74) is 7.20. The lowest BCUT2D eigenvalue weighted by Gasteiger charge is -2.28. The molecule has 3 N–H and O–H groups in total. The second-order valence-corrected chi connectivity index (χ2v) is 13.3. The van der Waals surface area contributed by atoms with Gasteiger partial charge in [0.15, 0.2) is 0 Å². The summed E-state index contributed by atoms with van der Waals surface area (Å²) in [5, 5.41) is 2.32. The summed E-state index contributed by atoms with van der Waals surface area (Å²) >= 11 is 5.94. The van der Waals surface area contributed by atoms with Crippen LogP contribution in [0.15, 0.2) is 78.9 Å². The third kappa shape index (κ3) is 9.55. The van der Waals surface area contributed by atoms with E-state index in [9.17, 15) is 18.0 Å². The normalized spacial score (nSPS) is 23.7. The van der Waals surface area contributed by atoms with Crippen molar-refractivity contribution in [3.63, 3.8) is 0 Å². The third-order valence-electron chi connectivity index (χ3n) is 8.96. The first kappa shape index (κ1) is 35.0. The topological polar surface area (TPSA) is 61.6 Å². The highest BCUT2D eigenvalue weighted by atomic mass is 35.5. The van der Waals surface area contributed by atoms with Crippen LogP contribution in [-0.2, 0) is 6.18 Å². The van der Waals surface area contributed by atoms with E-state index >= 15 is 0 Å². The highest BCUT2D eigenvalue weighted by Crippen LogP contribution is 2.36. The van der Waals surface area contributed by atoms with Crippen LogP contribution in [0.3, 0.4) is 0 Å². The second kappa shape index (κ2) is 15.6. The minimum atomic E-state index is -4.62. The Morgan fingerprint density at radius 1 is 0.822 bits per heavy atom. The van der Waals surface area contributed by atoms with Crippen LogP contribution in [0, 0.1) is 11.8 Å². The van der Waals surface area contributed by atoms with Gasteiger partial charge in [0, 0.05) is 44.3 Å². The molecule has 0 bridgehead atoms. The maximum absolute atomic E-state index is 13.1. The molecule has 9 heteroatoms. The fourth-order valence-electron chi connectivity index (χ4n) is 6.66. The predicted molar refractivity (Wildman–Crippen MR) is 176 cm³/mol. The van der Waals surface area contributed by atoms with Crippen molar-refractivity contribution < 1.29 is 18.0 Å². The molecule has 4 unspecified atom stereocenters. The highest BCUT2D eigenvalue weighted by molar-refractivity contribution is 6.34. The number of nitrogens with zero attached hydrogens (tertiary/aromatic N) is 2. The molecule has 5 rings (SSSR count). The largest absolute Gasteiger partial charge is 0.417 e. The summed E-state index contributed by atoms with van der Waals surface area (Å²) in [4.78, 5) is 17.7. The number of hydrogen-bond acceptors (Lipinski definition) is 4. The van der Waals surface area contributed by atoms with Gasteiger partial charge in [-0.3, -0.25) is 14.6 Å². The third-order valence-corrected chi connectivity index (χ3v) is 9.37. The molecule has 2 aliphatic heterocycles. The fourth-order valence-corrected chi connectivity index (χ4v) is 6.98. The average molecular weight is 643 g/mol. The van der Waals surface area contributed by atoms with Crippen LogP contribution in [0.2, 0.25) is 5.02 Å². The molecule has 2 aliphatic rings. The molecule has 2 fully saturated rings. The van der Waals surface area contributed by atoms with Gasteiger partial charge in [0.05, 0.1) is 22.2 Å². The van der Waals surface area contributed by atoms with Crippen molar-refractivity contribution in [2.24, 2.45) is 17.6 Å². The van der Waals surface area contributed by atoms with Gasteiger partial charge in [-0.1, -0.05) is 92.2 Å². The molecule has 2 heterocycles. The van der Waals surface area contributed by atoms with Gasteiger partial charge in [-0.25, -0.2) is 0 Å². The van der Waals surface area contributed by atoms with Crippen molar-refractivity contribution in [2.75, 3.05) is 26.2 Å². The molecule has 0 saturated carbocycles. The number of alkyl halides is 3. The maximum Gasteiger partial charge on any atom is 0.417 e. The van der Waals surface area contributed by atoms with Crippen molar-refractivity contribution in [3.05, 3.63) is 106 Å². The summed E-state index contributed by atoms with van der Waals surface area (Å²) in [6, 6.07) is 24.1. The van der Waals surface area contributed by atoms with E-state index in [0.29, 0.717) is 24.5 Å². The molecule has 0 aliphatic carbocycles. The Morgan fingerprint density at radius 2 is 1.33 bits per heavy atom. The van der Waals surface area contributed by atoms with E-state index in [1.165, 1.54) is 30.7 Å².